The molecule has 0 radical (unpaired) electrons. The number of hydrogen-bond acceptors (Lipinski definition) is 6. The molecule has 100 valence electrons. The number of nitrogens with one attached hydrogen (secondary N) is 1. The fraction of sp³-hybridized carbons (Fsp3) is 0.231. The summed E-state index contributed by atoms with van der Waals surface area (Å²) in [7, 11) is 0. The summed E-state index contributed by atoms with van der Waals surface area (Å²) in [6.45, 7) is 3.93. The number of aromatic nitrogens is 2. The third-order valence-corrected chi connectivity index (χ3v) is 3.33. The van der Waals surface area contributed by atoms with Crippen LogP contribution >= 0.6 is 11.8 Å². The summed E-state index contributed by atoms with van der Waals surface area (Å²) < 4.78 is 0. The summed E-state index contributed by atoms with van der Waals surface area (Å²) in [5, 5.41) is 3.85. The molecule has 1 heterocycles. The van der Waals surface area contributed by atoms with E-state index in [0.29, 0.717) is 16.8 Å². The lowest BCUT2D eigenvalue weighted by Gasteiger charge is -2.05. The molecule has 0 aliphatic heterocycles. The minimum absolute atomic E-state index is 0.388. The summed E-state index contributed by atoms with van der Waals surface area (Å²) in [5.41, 5.74) is 12.5. The Labute approximate surface area is 116 Å². The molecule has 0 bridgehead atoms. The molecule has 0 amide bonds. The first-order valence-electron chi connectivity index (χ1n) is 6.05. The molecule has 5 N–H and O–H groups in total. The van der Waals surface area contributed by atoms with Gasteiger partial charge < -0.3 is 16.8 Å². The van der Waals surface area contributed by atoms with Gasteiger partial charge in [-0.25, -0.2) is 9.97 Å². The SMILES string of the molecule is CCNCc1ccc(Sc2nc(N)cc(N)n2)cc1. The van der Waals surface area contributed by atoms with Gasteiger partial charge in [0, 0.05) is 17.5 Å². The quantitative estimate of drug-likeness (QED) is 0.722. The van der Waals surface area contributed by atoms with Gasteiger partial charge in [0.05, 0.1) is 0 Å². The van der Waals surface area contributed by atoms with Crippen LogP contribution < -0.4 is 16.8 Å². The Morgan fingerprint density at radius 1 is 1.11 bits per heavy atom. The number of nitrogens with zero attached hydrogens (tertiary/aromatic N) is 2. The zero-order valence-electron chi connectivity index (χ0n) is 10.8. The maximum atomic E-state index is 5.64. The third kappa shape index (κ3) is 4.11. The zero-order chi connectivity index (χ0) is 13.7. The Balaban J connectivity index is 2.06. The van der Waals surface area contributed by atoms with Crippen molar-refractivity contribution in [3.05, 3.63) is 35.9 Å². The van der Waals surface area contributed by atoms with Crippen LogP contribution in [0.15, 0.2) is 40.4 Å². The van der Waals surface area contributed by atoms with E-state index < -0.39 is 0 Å². The van der Waals surface area contributed by atoms with Crippen molar-refractivity contribution in [3.8, 4) is 0 Å². The molecule has 6 heteroatoms. The summed E-state index contributed by atoms with van der Waals surface area (Å²) in [6.07, 6.45) is 0. The maximum absolute atomic E-state index is 5.64. The lowest BCUT2D eigenvalue weighted by atomic mass is 10.2. The number of rotatable bonds is 5. The van der Waals surface area contributed by atoms with E-state index in [9.17, 15) is 0 Å². The molecule has 0 spiro atoms. The normalized spacial score (nSPS) is 10.6. The van der Waals surface area contributed by atoms with Crippen LogP contribution in [-0.4, -0.2) is 16.5 Å². The molecule has 5 nitrogen and oxygen atoms in total. The predicted molar refractivity (Wildman–Crippen MR) is 78.8 cm³/mol. The summed E-state index contributed by atoms with van der Waals surface area (Å²) in [5.74, 6) is 0.775. The monoisotopic (exact) mass is 275 g/mol. The van der Waals surface area contributed by atoms with Gasteiger partial charge in [0.15, 0.2) is 5.16 Å². The Kier molecular flexibility index (Phi) is 4.59. The molecule has 1 aromatic carbocycles. The molecule has 2 aromatic rings. The second-order valence-electron chi connectivity index (χ2n) is 4.03. The molecule has 2 rings (SSSR count). The van der Waals surface area contributed by atoms with Crippen molar-refractivity contribution < 1.29 is 0 Å². The molecule has 19 heavy (non-hydrogen) atoms. The molecule has 0 saturated heterocycles. The highest BCUT2D eigenvalue weighted by Crippen LogP contribution is 2.26. The van der Waals surface area contributed by atoms with E-state index in [4.69, 9.17) is 11.5 Å². The first-order chi connectivity index (χ1) is 9.17. The Morgan fingerprint density at radius 2 is 1.74 bits per heavy atom. The first kappa shape index (κ1) is 13.6. The smallest absolute Gasteiger partial charge is 0.196 e. The van der Waals surface area contributed by atoms with E-state index >= 15 is 0 Å². The Hall–Kier alpha value is -1.79. The molecule has 0 atom stereocenters. The van der Waals surface area contributed by atoms with Crippen LogP contribution in [0.5, 0.6) is 0 Å². The predicted octanol–water partition coefficient (Wildman–Crippen LogP) is 1.90. The lowest BCUT2D eigenvalue weighted by Crippen LogP contribution is -2.11. The van der Waals surface area contributed by atoms with Crippen molar-refractivity contribution in [2.24, 2.45) is 0 Å². The minimum atomic E-state index is 0.388. The van der Waals surface area contributed by atoms with Gasteiger partial charge in [-0.1, -0.05) is 19.1 Å². The standard InChI is InChI=1S/C13H17N5S/c1-2-16-8-9-3-5-10(6-4-9)19-13-17-11(14)7-12(15)18-13/h3-7,16H,2,8H2,1H3,(H4,14,15,17,18). The van der Waals surface area contributed by atoms with E-state index in [1.807, 2.05) is 12.1 Å². The molecule has 0 unspecified atom stereocenters. The highest BCUT2D eigenvalue weighted by molar-refractivity contribution is 7.99. The highest BCUT2D eigenvalue weighted by Gasteiger charge is 2.03. The van der Waals surface area contributed by atoms with Gasteiger partial charge in [0.2, 0.25) is 0 Å². The maximum Gasteiger partial charge on any atom is 0.196 e. The van der Waals surface area contributed by atoms with E-state index in [0.717, 1.165) is 18.0 Å². The highest BCUT2D eigenvalue weighted by atomic mass is 32.2. The van der Waals surface area contributed by atoms with Crippen LogP contribution in [0.3, 0.4) is 0 Å². The fourth-order valence-electron chi connectivity index (χ4n) is 1.56. The second kappa shape index (κ2) is 6.40. The van der Waals surface area contributed by atoms with E-state index in [2.05, 4.69) is 34.3 Å². The van der Waals surface area contributed by atoms with E-state index in [1.54, 1.807) is 6.07 Å². The van der Waals surface area contributed by atoms with Crippen LogP contribution in [0.4, 0.5) is 11.6 Å². The lowest BCUT2D eigenvalue weighted by molar-refractivity contribution is 0.726. The largest absolute Gasteiger partial charge is 0.383 e. The Bertz CT molecular complexity index is 521. The van der Waals surface area contributed by atoms with Crippen molar-refractivity contribution in [2.75, 3.05) is 18.0 Å². The van der Waals surface area contributed by atoms with Gasteiger partial charge in [-0.3, -0.25) is 0 Å². The number of nitrogens with two attached hydrogens (primary N) is 2. The van der Waals surface area contributed by atoms with Gasteiger partial charge in [-0.2, -0.15) is 0 Å². The van der Waals surface area contributed by atoms with Crippen molar-refractivity contribution in [1.29, 1.82) is 0 Å². The van der Waals surface area contributed by atoms with E-state index in [1.165, 1.54) is 17.3 Å². The van der Waals surface area contributed by atoms with Crippen molar-refractivity contribution in [2.45, 2.75) is 23.5 Å². The third-order valence-electron chi connectivity index (χ3n) is 2.46. The zero-order valence-corrected chi connectivity index (χ0v) is 11.6. The number of benzene rings is 1. The minimum Gasteiger partial charge on any atom is -0.383 e. The summed E-state index contributed by atoms with van der Waals surface area (Å²) in [6, 6.07) is 9.80. The van der Waals surface area contributed by atoms with Gasteiger partial charge in [-0.05, 0) is 36.0 Å². The van der Waals surface area contributed by atoms with Crippen molar-refractivity contribution in [1.82, 2.24) is 15.3 Å². The van der Waals surface area contributed by atoms with Gasteiger partial charge >= 0.3 is 0 Å². The second-order valence-corrected chi connectivity index (χ2v) is 5.07. The van der Waals surface area contributed by atoms with Crippen molar-refractivity contribution in [3.63, 3.8) is 0 Å². The molecular formula is C13H17N5S. The van der Waals surface area contributed by atoms with Crippen LogP contribution in [0.2, 0.25) is 0 Å². The molecule has 1 aromatic heterocycles. The molecular weight excluding hydrogens is 258 g/mol. The molecule has 0 saturated carbocycles. The van der Waals surface area contributed by atoms with Gasteiger partial charge in [0.1, 0.15) is 11.6 Å². The average molecular weight is 275 g/mol. The number of hydrogen-bond donors (Lipinski definition) is 3. The van der Waals surface area contributed by atoms with Crippen LogP contribution in [0.25, 0.3) is 0 Å². The number of nitrogen functional groups attached to an aromatic ring is 2. The van der Waals surface area contributed by atoms with Gasteiger partial charge in [0.25, 0.3) is 0 Å². The van der Waals surface area contributed by atoms with Crippen molar-refractivity contribution >= 4 is 23.4 Å². The van der Waals surface area contributed by atoms with Crippen LogP contribution in [-0.2, 0) is 6.54 Å². The summed E-state index contributed by atoms with van der Waals surface area (Å²) in [4.78, 5) is 9.34. The van der Waals surface area contributed by atoms with Crippen LogP contribution in [0, 0.1) is 0 Å². The summed E-state index contributed by atoms with van der Waals surface area (Å²) >= 11 is 1.45. The first-order valence-corrected chi connectivity index (χ1v) is 6.86. The average Bonchev–Trinajstić information content (AvgIpc) is 2.37. The topological polar surface area (TPSA) is 89.8 Å². The fourth-order valence-corrected chi connectivity index (χ4v) is 2.34. The molecule has 0 aliphatic carbocycles. The van der Waals surface area contributed by atoms with E-state index in [-0.39, 0.29) is 0 Å². The molecule has 0 fully saturated rings. The van der Waals surface area contributed by atoms with Gasteiger partial charge in [-0.15, -0.1) is 0 Å². The Morgan fingerprint density at radius 3 is 2.32 bits per heavy atom. The number of anilines is 2. The molecule has 0 aliphatic rings. The van der Waals surface area contributed by atoms with Crippen LogP contribution in [0.1, 0.15) is 12.5 Å².